The molecule has 0 aliphatic heterocycles. The van der Waals surface area contributed by atoms with Crippen molar-refractivity contribution in [2.45, 2.75) is 0 Å². The summed E-state index contributed by atoms with van der Waals surface area (Å²) < 4.78 is 6.47. The normalized spacial score (nSPS) is 9.64. The first kappa shape index (κ1) is 7.65. The third-order valence-corrected chi connectivity index (χ3v) is 1.53. The van der Waals surface area contributed by atoms with Gasteiger partial charge < -0.3 is 10.5 Å². The Labute approximate surface area is 65.3 Å². The van der Waals surface area contributed by atoms with E-state index in [0.29, 0.717) is 11.6 Å². The molecule has 0 spiro atoms. The van der Waals surface area contributed by atoms with Crippen LogP contribution in [0.25, 0.3) is 5.76 Å². The second kappa shape index (κ2) is 2.65. The van der Waals surface area contributed by atoms with E-state index >= 15 is 0 Å². The van der Waals surface area contributed by atoms with E-state index < -0.39 is 0 Å². The summed E-state index contributed by atoms with van der Waals surface area (Å²) in [5, 5.41) is 3.94. The molecule has 1 rings (SSSR count). The minimum Gasteiger partial charge on any atom is -0.497 e. The molecule has 1 aromatic rings. The van der Waals surface area contributed by atoms with Gasteiger partial charge in [0.2, 0.25) is 0 Å². The summed E-state index contributed by atoms with van der Waals surface area (Å²) in [7, 11) is 3.32. The molecule has 0 bridgehead atoms. The number of nitrogens with zero attached hydrogens (tertiary/aromatic N) is 2. The first-order chi connectivity index (χ1) is 5.16. The van der Waals surface area contributed by atoms with Crippen molar-refractivity contribution in [3.05, 3.63) is 18.3 Å². The molecule has 0 radical (unpaired) electrons. The first-order valence-corrected chi connectivity index (χ1v) is 3.17. The number of rotatable bonds is 2. The topological polar surface area (TPSA) is 53.1 Å². The SMILES string of the molecule is C=C(OC)c1cnn(C)c1N. The molecule has 0 aromatic carbocycles. The van der Waals surface area contributed by atoms with Gasteiger partial charge in [-0.05, 0) is 0 Å². The molecule has 0 saturated carbocycles. The third kappa shape index (κ3) is 1.19. The van der Waals surface area contributed by atoms with Gasteiger partial charge in [-0.1, -0.05) is 6.58 Å². The van der Waals surface area contributed by atoms with Gasteiger partial charge in [0.1, 0.15) is 11.6 Å². The Morgan fingerprint density at radius 3 is 2.82 bits per heavy atom. The summed E-state index contributed by atoms with van der Waals surface area (Å²) in [6.45, 7) is 3.66. The van der Waals surface area contributed by atoms with Crippen LogP contribution in [0.3, 0.4) is 0 Å². The lowest BCUT2D eigenvalue weighted by molar-refractivity contribution is 0.371. The van der Waals surface area contributed by atoms with Crippen LogP contribution >= 0.6 is 0 Å². The lowest BCUT2D eigenvalue weighted by Crippen LogP contribution is -1.99. The van der Waals surface area contributed by atoms with Gasteiger partial charge >= 0.3 is 0 Å². The number of nitrogens with two attached hydrogens (primary N) is 1. The average Bonchev–Trinajstić information content (AvgIpc) is 2.32. The molecule has 0 fully saturated rings. The smallest absolute Gasteiger partial charge is 0.132 e. The highest BCUT2D eigenvalue weighted by molar-refractivity contribution is 5.66. The average molecular weight is 153 g/mol. The number of aromatic nitrogens is 2. The standard InChI is InChI=1S/C7H11N3O/c1-5(11-3)6-4-9-10(2)7(6)8/h4H,1,8H2,2-3H3. The summed E-state index contributed by atoms with van der Waals surface area (Å²) >= 11 is 0. The fourth-order valence-electron chi connectivity index (χ4n) is 0.772. The van der Waals surface area contributed by atoms with Gasteiger partial charge in [-0.3, -0.25) is 4.68 Å². The molecule has 4 heteroatoms. The Morgan fingerprint density at radius 2 is 2.45 bits per heavy atom. The van der Waals surface area contributed by atoms with Crippen LogP contribution in [0.15, 0.2) is 12.8 Å². The molecule has 4 nitrogen and oxygen atoms in total. The van der Waals surface area contributed by atoms with E-state index in [-0.39, 0.29) is 0 Å². The lowest BCUT2D eigenvalue weighted by Gasteiger charge is -2.01. The Bertz CT molecular complexity index is 277. The highest BCUT2D eigenvalue weighted by Gasteiger charge is 2.07. The molecular formula is C7H11N3O. The molecule has 0 aliphatic rings. The monoisotopic (exact) mass is 153 g/mol. The minimum absolute atomic E-state index is 0.538. The number of methoxy groups -OCH3 is 1. The quantitative estimate of drug-likeness (QED) is 0.633. The zero-order valence-electron chi connectivity index (χ0n) is 6.66. The predicted molar refractivity (Wildman–Crippen MR) is 43.7 cm³/mol. The summed E-state index contributed by atoms with van der Waals surface area (Å²) in [6.07, 6.45) is 1.63. The van der Waals surface area contributed by atoms with Gasteiger partial charge in [-0.2, -0.15) is 5.10 Å². The number of ether oxygens (including phenoxy) is 1. The zero-order chi connectivity index (χ0) is 8.43. The maximum Gasteiger partial charge on any atom is 0.132 e. The molecule has 0 amide bonds. The fourth-order valence-corrected chi connectivity index (χ4v) is 0.772. The number of hydrogen-bond donors (Lipinski definition) is 1. The molecule has 1 aromatic heterocycles. The van der Waals surface area contributed by atoms with E-state index in [4.69, 9.17) is 10.5 Å². The van der Waals surface area contributed by atoms with Crippen molar-refractivity contribution < 1.29 is 4.74 Å². The van der Waals surface area contributed by atoms with Gasteiger partial charge in [0, 0.05) is 7.05 Å². The van der Waals surface area contributed by atoms with E-state index in [1.165, 1.54) is 0 Å². The second-order valence-corrected chi connectivity index (χ2v) is 2.19. The molecule has 0 saturated heterocycles. The van der Waals surface area contributed by atoms with Crippen LogP contribution in [-0.2, 0) is 11.8 Å². The van der Waals surface area contributed by atoms with Crippen LogP contribution in [0.4, 0.5) is 5.82 Å². The predicted octanol–water partition coefficient (Wildman–Crippen LogP) is 0.619. The number of nitrogen functional groups attached to an aromatic ring is 1. The fraction of sp³-hybridized carbons (Fsp3) is 0.286. The van der Waals surface area contributed by atoms with Crippen molar-refractivity contribution in [2.75, 3.05) is 12.8 Å². The molecule has 2 N–H and O–H groups in total. The number of hydrogen-bond acceptors (Lipinski definition) is 3. The molecule has 0 unspecified atom stereocenters. The summed E-state index contributed by atoms with van der Waals surface area (Å²) in [4.78, 5) is 0. The van der Waals surface area contributed by atoms with Gasteiger partial charge in [0.05, 0.1) is 18.9 Å². The number of aryl methyl sites for hydroxylation is 1. The summed E-state index contributed by atoms with van der Waals surface area (Å²) in [6, 6.07) is 0. The Morgan fingerprint density at radius 1 is 1.82 bits per heavy atom. The summed E-state index contributed by atoms with van der Waals surface area (Å²) in [5.41, 5.74) is 6.38. The molecular weight excluding hydrogens is 142 g/mol. The van der Waals surface area contributed by atoms with E-state index in [1.54, 1.807) is 25.0 Å². The van der Waals surface area contributed by atoms with Gasteiger partial charge in [-0.25, -0.2) is 0 Å². The Kier molecular flexibility index (Phi) is 1.85. The second-order valence-electron chi connectivity index (χ2n) is 2.19. The molecule has 1 heterocycles. The van der Waals surface area contributed by atoms with Crippen molar-refractivity contribution in [1.29, 1.82) is 0 Å². The van der Waals surface area contributed by atoms with E-state index in [9.17, 15) is 0 Å². The van der Waals surface area contributed by atoms with Crippen molar-refractivity contribution in [3.63, 3.8) is 0 Å². The van der Waals surface area contributed by atoms with Gasteiger partial charge in [-0.15, -0.1) is 0 Å². The van der Waals surface area contributed by atoms with Crippen molar-refractivity contribution in [2.24, 2.45) is 7.05 Å². The van der Waals surface area contributed by atoms with Crippen LogP contribution in [0.2, 0.25) is 0 Å². The molecule has 11 heavy (non-hydrogen) atoms. The molecule has 0 aliphatic carbocycles. The first-order valence-electron chi connectivity index (χ1n) is 3.17. The van der Waals surface area contributed by atoms with Crippen LogP contribution in [0.5, 0.6) is 0 Å². The van der Waals surface area contributed by atoms with Gasteiger partial charge in [0.25, 0.3) is 0 Å². The maximum atomic E-state index is 5.64. The third-order valence-electron chi connectivity index (χ3n) is 1.53. The Balaban J connectivity index is 3.04. The number of anilines is 1. The molecule has 0 atom stereocenters. The van der Waals surface area contributed by atoms with E-state index in [2.05, 4.69) is 11.7 Å². The lowest BCUT2D eigenvalue weighted by atomic mass is 10.3. The highest BCUT2D eigenvalue weighted by Crippen LogP contribution is 2.18. The van der Waals surface area contributed by atoms with Crippen LogP contribution in [-0.4, -0.2) is 16.9 Å². The largest absolute Gasteiger partial charge is 0.497 e. The molecule has 60 valence electrons. The Hall–Kier alpha value is -1.45. The van der Waals surface area contributed by atoms with Gasteiger partial charge in [0.15, 0.2) is 0 Å². The summed E-state index contributed by atoms with van der Waals surface area (Å²) in [5.74, 6) is 1.10. The van der Waals surface area contributed by atoms with Crippen LogP contribution < -0.4 is 5.73 Å². The zero-order valence-corrected chi connectivity index (χ0v) is 6.66. The highest BCUT2D eigenvalue weighted by atomic mass is 16.5. The van der Waals surface area contributed by atoms with Crippen molar-refractivity contribution >= 4 is 11.6 Å². The van der Waals surface area contributed by atoms with E-state index in [0.717, 1.165) is 5.56 Å². The van der Waals surface area contributed by atoms with Crippen molar-refractivity contribution in [1.82, 2.24) is 9.78 Å². The maximum absolute atomic E-state index is 5.64. The minimum atomic E-state index is 0.538. The van der Waals surface area contributed by atoms with Crippen molar-refractivity contribution in [3.8, 4) is 0 Å². The van der Waals surface area contributed by atoms with E-state index in [1.807, 2.05) is 0 Å². The van der Waals surface area contributed by atoms with Crippen LogP contribution in [0.1, 0.15) is 5.56 Å². The van der Waals surface area contributed by atoms with Crippen LogP contribution in [0, 0.1) is 0 Å².